The van der Waals surface area contributed by atoms with Gasteiger partial charge in [-0.3, -0.25) is 0 Å². The molecule has 16 heavy (non-hydrogen) atoms. The third-order valence-electron chi connectivity index (χ3n) is 2.17. The Kier molecular flexibility index (Phi) is 9.32. The quantitative estimate of drug-likeness (QED) is 0.316. The molecule has 0 N–H and O–H groups in total. The number of hydrogen-bond donors (Lipinski definition) is 0. The van der Waals surface area contributed by atoms with Crippen molar-refractivity contribution in [2.24, 2.45) is 5.92 Å². The molecule has 0 aromatic heterocycles. The molecule has 1 fully saturated rings. The van der Waals surface area contributed by atoms with E-state index in [2.05, 4.69) is 6.92 Å². The van der Waals surface area contributed by atoms with Crippen molar-refractivity contribution in [3.8, 4) is 0 Å². The van der Waals surface area contributed by atoms with Gasteiger partial charge in [0.25, 0.3) is 0 Å². The zero-order valence-corrected chi connectivity index (χ0v) is 15.6. The second-order valence-corrected chi connectivity index (χ2v) is 4.93. The van der Waals surface area contributed by atoms with E-state index in [1.807, 2.05) is 20.8 Å². The molecule has 0 aliphatic carbocycles. The number of likely N-dealkylation sites (tertiary alicyclic amines) is 1. The van der Waals surface area contributed by atoms with Crippen LogP contribution < -0.4 is 24.0 Å². The first kappa shape index (κ1) is 19.0. The van der Waals surface area contributed by atoms with E-state index in [4.69, 9.17) is 4.74 Å². The van der Waals surface area contributed by atoms with Crippen LogP contribution in [-0.4, -0.2) is 29.7 Å². The molecule has 1 saturated heterocycles. The van der Waals surface area contributed by atoms with E-state index >= 15 is 0 Å². The van der Waals surface area contributed by atoms with Gasteiger partial charge in [0.15, 0.2) is 0 Å². The van der Waals surface area contributed by atoms with Crippen molar-refractivity contribution < 1.29 is 53.0 Å². The summed E-state index contributed by atoms with van der Waals surface area (Å²) in [5.41, 5.74) is -0.398. The Morgan fingerprint density at radius 2 is 2.00 bits per heavy atom. The van der Waals surface area contributed by atoms with Crippen LogP contribution in [0.5, 0.6) is 0 Å². The molecule has 0 spiro atoms. The smallest absolute Gasteiger partial charge is 1.00 e. The summed E-state index contributed by atoms with van der Waals surface area (Å²) in [6, 6.07) is 0. The van der Waals surface area contributed by atoms with E-state index in [0.717, 1.165) is 25.9 Å². The Morgan fingerprint density at radius 3 is 2.44 bits per heavy atom. The zero-order valence-electron chi connectivity index (χ0n) is 10.5. The van der Waals surface area contributed by atoms with Gasteiger partial charge in [0.2, 0.25) is 0 Å². The van der Waals surface area contributed by atoms with Crippen molar-refractivity contribution in [3.63, 3.8) is 0 Å². The SMILES string of the molecule is [CH2-]C1CCCN(C(=O)OC(C)(C)C)C1.[I-].[Zn+2]. The Bertz CT molecular complexity index is 219. The minimum atomic E-state index is -0.398. The van der Waals surface area contributed by atoms with Crippen LogP contribution in [0.25, 0.3) is 0 Å². The number of halogens is 1. The number of rotatable bonds is 0. The van der Waals surface area contributed by atoms with Crippen molar-refractivity contribution >= 4 is 6.09 Å². The predicted octanol–water partition coefficient (Wildman–Crippen LogP) is -0.531. The summed E-state index contributed by atoms with van der Waals surface area (Å²) >= 11 is 0. The summed E-state index contributed by atoms with van der Waals surface area (Å²) in [5, 5.41) is 0. The van der Waals surface area contributed by atoms with Crippen LogP contribution in [0.2, 0.25) is 0 Å². The van der Waals surface area contributed by atoms with Gasteiger partial charge in [0.05, 0.1) is 0 Å². The number of nitrogens with zero attached hydrogens (tertiary/aromatic N) is 1. The zero-order chi connectivity index (χ0) is 10.8. The molecule has 1 amide bonds. The van der Waals surface area contributed by atoms with Gasteiger partial charge in [-0.05, 0) is 33.7 Å². The van der Waals surface area contributed by atoms with Crippen LogP contribution >= 0.6 is 0 Å². The molecule has 90 valence electrons. The Balaban J connectivity index is 0. The van der Waals surface area contributed by atoms with Gasteiger partial charge in [0.1, 0.15) is 5.60 Å². The summed E-state index contributed by atoms with van der Waals surface area (Å²) in [4.78, 5) is 13.4. The Morgan fingerprint density at radius 1 is 1.44 bits per heavy atom. The van der Waals surface area contributed by atoms with Crippen molar-refractivity contribution in [1.82, 2.24) is 4.90 Å². The number of hydrogen-bond acceptors (Lipinski definition) is 2. The van der Waals surface area contributed by atoms with Crippen molar-refractivity contribution in [3.05, 3.63) is 6.92 Å². The van der Waals surface area contributed by atoms with E-state index in [1.165, 1.54) is 0 Å². The molecule has 1 aliphatic rings. The van der Waals surface area contributed by atoms with Crippen molar-refractivity contribution in [2.75, 3.05) is 13.1 Å². The molecule has 0 aromatic carbocycles. The fraction of sp³-hybridized carbons (Fsp3) is 0.818. The summed E-state index contributed by atoms with van der Waals surface area (Å²) in [5.74, 6) is 0.358. The molecule has 0 aromatic rings. The van der Waals surface area contributed by atoms with Gasteiger partial charge in [0, 0.05) is 6.54 Å². The van der Waals surface area contributed by atoms with Gasteiger partial charge in [-0.1, -0.05) is 6.42 Å². The molecule has 3 nitrogen and oxygen atoms in total. The molecular weight excluding hydrogens is 370 g/mol. The summed E-state index contributed by atoms with van der Waals surface area (Å²) in [6.45, 7) is 11.2. The van der Waals surface area contributed by atoms with E-state index in [0.29, 0.717) is 5.92 Å². The minimum Gasteiger partial charge on any atom is -1.00 e. The van der Waals surface area contributed by atoms with Gasteiger partial charge < -0.3 is 40.5 Å². The van der Waals surface area contributed by atoms with E-state index < -0.39 is 5.60 Å². The first-order valence-electron chi connectivity index (χ1n) is 5.19. The summed E-state index contributed by atoms with van der Waals surface area (Å²) < 4.78 is 5.28. The van der Waals surface area contributed by atoms with Gasteiger partial charge in [-0.25, -0.2) is 4.79 Å². The molecule has 1 atom stereocenters. The first-order valence-corrected chi connectivity index (χ1v) is 5.19. The standard InChI is InChI=1S/C11H20NO2.HI.Zn/c1-9-6-5-7-12(8-9)10(13)14-11(2,3)4;;/h9H,1,5-8H2,2-4H3;1H;/q-1;;+2/p-1. The molecule has 1 aliphatic heterocycles. The van der Waals surface area contributed by atoms with E-state index in [1.54, 1.807) is 4.90 Å². The molecule has 1 rings (SSSR count). The molecule has 1 heterocycles. The van der Waals surface area contributed by atoms with Crippen molar-refractivity contribution in [1.29, 1.82) is 0 Å². The molecule has 0 saturated carbocycles. The molecular formula is C11H20INO2Zn. The number of amides is 1. The average molecular weight is 391 g/mol. The molecule has 5 heteroatoms. The fourth-order valence-electron chi connectivity index (χ4n) is 1.56. The van der Waals surface area contributed by atoms with Gasteiger partial charge in [-0.2, -0.15) is 5.92 Å². The second kappa shape index (κ2) is 7.86. The maximum atomic E-state index is 11.6. The van der Waals surface area contributed by atoms with E-state index in [9.17, 15) is 4.79 Å². The number of ether oxygens (including phenoxy) is 1. The predicted molar refractivity (Wildman–Crippen MR) is 55.9 cm³/mol. The van der Waals surface area contributed by atoms with E-state index in [-0.39, 0.29) is 49.5 Å². The molecule has 0 bridgehead atoms. The number of carbonyl (C=O) groups excluding carboxylic acids is 1. The summed E-state index contributed by atoms with van der Waals surface area (Å²) in [6.07, 6.45) is 1.94. The normalized spacial score (nSPS) is 20.5. The first-order chi connectivity index (χ1) is 6.38. The number of piperidine rings is 1. The average Bonchev–Trinajstić information content (AvgIpc) is 2.01. The largest absolute Gasteiger partial charge is 2.00 e. The van der Waals surface area contributed by atoms with Crippen LogP contribution in [0.3, 0.4) is 0 Å². The van der Waals surface area contributed by atoms with Crippen LogP contribution in [0.15, 0.2) is 0 Å². The third-order valence-corrected chi connectivity index (χ3v) is 2.17. The van der Waals surface area contributed by atoms with Crippen molar-refractivity contribution in [2.45, 2.75) is 39.2 Å². The van der Waals surface area contributed by atoms with Gasteiger partial charge >= 0.3 is 25.6 Å². The maximum Gasteiger partial charge on any atom is 2.00 e. The Labute approximate surface area is 128 Å². The monoisotopic (exact) mass is 389 g/mol. The van der Waals surface area contributed by atoms with Crippen LogP contribution in [0.1, 0.15) is 33.6 Å². The summed E-state index contributed by atoms with van der Waals surface area (Å²) in [7, 11) is 0. The minimum absolute atomic E-state index is 0. The van der Waals surface area contributed by atoms with Crippen LogP contribution in [0, 0.1) is 12.8 Å². The molecule has 0 radical (unpaired) electrons. The fourth-order valence-corrected chi connectivity index (χ4v) is 1.56. The van der Waals surface area contributed by atoms with Crippen LogP contribution in [0.4, 0.5) is 4.79 Å². The third kappa shape index (κ3) is 7.05. The Hall–Kier alpha value is 0.623. The maximum absolute atomic E-state index is 11.6. The van der Waals surface area contributed by atoms with Crippen LogP contribution in [-0.2, 0) is 24.2 Å². The second-order valence-electron chi connectivity index (χ2n) is 4.93. The topological polar surface area (TPSA) is 29.5 Å². The number of carbonyl (C=O) groups is 1. The molecule has 1 unspecified atom stereocenters. The van der Waals surface area contributed by atoms with Gasteiger partial charge in [-0.15, -0.1) is 0 Å².